The SMILES string of the molecule is CC(C)OC(=O)CNCC(N)=O. The molecule has 0 aromatic carbocycles. The molecule has 0 rings (SSSR count). The molecule has 0 heterocycles. The monoisotopic (exact) mass is 174 g/mol. The lowest BCUT2D eigenvalue weighted by Crippen LogP contribution is -2.33. The zero-order valence-corrected chi connectivity index (χ0v) is 7.29. The average molecular weight is 174 g/mol. The van der Waals surface area contributed by atoms with Crippen LogP contribution in [-0.4, -0.2) is 31.1 Å². The van der Waals surface area contributed by atoms with Crippen LogP contribution in [0.15, 0.2) is 0 Å². The third-order valence-corrected chi connectivity index (χ3v) is 0.936. The Morgan fingerprint density at radius 2 is 2.00 bits per heavy atom. The average Bonchev–Trinajstić information content (AvgIpc) is 1.84. The molecule has 0 unspecified atom stereocenters. The van der Waals surface area contributed by atoms with E-state index in [0.29, 0.717) is 0 Å². The summed E-state index contributed by atoms with van der Waals surface area (Å²) in [6.07, 6.45) is -0.132. The molecular formula is C7H14N2O3. The van der Waals surface area contributed by atoms with Crippen molar-refractivity contribution in [2.45, 2.75) is 20.0 Å². The van der Waals surface area contributed by atoms with Crippen molar-refractivity contribution in [1.82, 2.24) is 5.32 Å². The summed E-state index contributed by atoms with van der Waals surface area (Å²) in [5, 5.41) is 2.54. The van der Waals surface area contributed by atoms with E-state index < -0.39 is 5.91 Å². The third-order valence-electron chi connectivity index (χ3n) is 0.936. The molecule has 0 saturated carbocycles. The summed E-state index contributed by atoms with van der Waals surface area (Å²) >= 11 is 0. The Hall–Kier alpha value is -1.10. The Morgan fingerprint density at radius 1 is 1.42 bits per heavy atom. The van der Waals surface area contributed by atoms with E-state index in [2.05, 4.69) is 5.32 Å². The van der Waals surface area contributed by atoms with Crippen LogP contribution in [-0.2, 0) is 14.3 Å². The second-order valence-corrected chi connectivity index (χ2v) is 2.61. The van der Waals surface area contributed by atoms with Crippen molar-refractivity contribution >= 4 is 11.9 Å². The van der Waals surface area contributed by atoms with E-state index in [-0.39, 0.29) is 25.2 Å². The van der Waals surface area contributed by atoms with Gasteiger partial charge in [-0.05, 0) is 13.8 Å². The molecule has 0 fully saturated rings. The van der Waals surface area contributed by atoms with Gasteiger partial charge in [0.05, 0.1) is 19.2 Å². The second-order valence-electron chi connectivity index (χ2n) is 2.61. The first-order chi connectivity index (χ1) is 5.52. The highest BCUT2D eigenvalue weighted by Gasteiger charge is 2.04. The van der Waals surface area contributed by atoms with Gasteiger partial charge in [-0.15, -0.1) is 0 Å². The Bertz CT molecular complexity index is 168. The number of hydrogen-bond donors (Lipinski definition) is 2. The molecular weight excluding hydrogens is 160 g/mol. The van der Waals surface area contributed by atoms with E-state index in [1.54, 1.807) is 13.8 Å². The highest BCUT2D eigenvalue weighted by molar-refractivity contribution is 5.77. The van der Waals surface area contributed by atoms with E-state index in [9.17, 15) is 9.59 Å². The van der Waals surface area contributed by atoms with Crippen LogP contribution in [0.5, 0.6) is 0 Å². The second kappa shape index (κ2) is 5.54. The summed E-state index contributed by atoms with van der Waals surface area (Å²) in [5.41, 5.74) is 4.83. The number of hydrogen-bond acceptors (Lipinski definition) is 4. The summed E-state index contributed by atoms with van der Waals surface area (Å²) in [5.74, 6) is -0.876. The molecule has 0 aromatic rings. The fraction of sp³-hybridized carbons (Fsp3) is 0.714. The van der Waals surface area contributed by atoms with Crippen LogP contribution in [0, 0.1) is 0 Å². The van der Waals surface area contributed by atoms with Crippen molar-refractivity contribution in [1.29, 1.82) is 0 Å². The molecule has 0 saturated heterocycles. The summed E-state index contributed by atoms with van der Waals surface area (Å²) in [6, 6.07) is 0. The number of ether oxygens (including phenoxy) is 1. The van der Waals surface area contributed by atoms with Crippen molar-refractivity contribution in [3.05, 3.63) is 0 Å². The summed E-state index contributed by atoms with van der Waals surface area (Å²) in [6.45, 7) is 3.52. The van der Waals surface area contributed by atoms with Gasteiger partial charge in [0, 0.05) is 0 Å². The third kappa shape index (κ3) is 7.01. The Morgan fingerprint density at radius 3 is 2.42 bits per heavy atom. The van der Waals surface area contributed by atoms with Gasteiger partial charge in [-0.1, -0.05) is 0 Å². The molecule has 70 valence electrons. The molecule has 0 radical (unpaired) electrons. The summed E-state index contributed by atoms with van der Waals surface area (Å²) < 4.78 is 4.78. The minimum Gasteiger partial charge on any atom is -0.462 e. The van der Waals surface area contributed by atoms with Gasteiger partial charge < -0.3 is 10.5 Å². The topological polar surface area (TPSA) is 81.4 Å². The van der Waals surface area contributed by atoms with Gasteiger partial charge in [-0.3, -0.25) is 14.9 Å². The first-order valence-electron chi connectivity index (χ1n) is 3.71. The van der Waals surface area contributed by atoms with E-state index in [1.165, 1.54) is 0 Å². The fourth-order valence-electron chi connectivity index (χ4n) is 0.592. The van der Waals surface area contributed by atoms with Crippen molar-refractivity contribution < 1.29 is 14.3 Å². The van der Waals surface area contributed by atoms with Crippen LogP contribution in [0.2, 0.25) is 0 Å². The fourth-order valence-corrected chi connectivity index (χ4v) is 0.592. The van der Waals surface area contributed by atoms with Gasteiger partial charge in [0.15, 0.2) is 0 Å². The number of carbonyl (C=O) groups is 2. The van der Waals surface area contributed by atoms with Crippen LogP contribution < -0.4 is 11.1 Å². The molecule has 0 spiro atoms. The number of nitrogens with two attached hydrogens (primary N) is 1. The molecule has 3 N–H and O–H groups in total. The number of primary amides is 1. The molecule has 12 heavy (non-hydrogen) atoms. The van der Waals surface area contributed by atoms with E-state index in [4.69, 9.17) is 10.5 Å². The number of amides is 1. The van der Waals surface area contributed by atoms with Crippen LogP contribution in [0.4, 0.5) is 0 Å². The Kier molecular flexibility index (Phi) is 5.03. The van der Waals surface area contributed by atoms with Gasteiger partial charge in [-0.25, -0.2) is 0 Å². The van der Waals surface area contributed by atoms with Crippen LogP contribution in [0.25, 0.3) is 0 Å². The van der Waals surface area contributed by atoms with E-state index >= 15 is 0 Å². The number of nitrogens with one attached hydrogen (secondary N) is 1. The molecule has 0 bridgehead atoms. The summed E-state index contributed by atoms with van der Waals surface area (Å²) in [7, 11) is 0. The van der Waals surface area contributed by atoms with Gasteiger partial charge in [-0.2, -0.15) is 0 Å². The molecule has 1 amide bonds. The van der Waals surface area contributed by atoms with Crippen LogP contribution in [0.1, 0.15) is 13.8 Å². The van der Waals surface area contributed by atoms with E-state index in [1.807, 2.05) is 0 Å². The van der Waals surface area contributed by atoms with Crippen molar-refractivity contribution in [3.8, 4) is 0 Å². The smallest absolute Gasteiger partial charge is 0.320 e. The Labute approximate surface area is 71.3 Å². The van der Waals surface area contributed by atoms with Crippen molar-refractivity contribution in [2.75, 3.05) is 13.1 Å². The zero-order chi connectivity index (χ0) is 9.56. The Balaban J connectivity index is 3.38. The molecule has 0 atom stereocenters. The lowest BCUT2D eigenvalue weighted by atomic mass is 10.5. The predicted octanol–water partition coefficient (Wildman–Crippen LogP) is -0.987. The first kappa shape index (κ1) is 10.9. The zero-order valence-electron chi connectivity index (χ0n) is 7.29. The highest BCUT2D eigenvalue weighted by atomic mass is 16.5. The number of rotatable bonds is 5. The largest absolute Gasteiger partial charge is 0.462 e. The van der Waals surface area contributed by atoms with Gasteiger partial charge in [0.2, 0.25) is 5.91 Å². The van der Waals surface area contributed by atoms with Crippen molar-refractivity contribution in [3.63, 3.8) is 0 Å². The minimum absolute atomic E-state index is 0.00675. The van der Waals surface area contributed by atoms with Gasteiger partial charge in [0.1, 0.15) is 0 Å². The molecule has 0 aliphatic heterocycles. The quantitative estimate of drug-likeness (QED) is 0.524. The molecule has 0 aliphatic carbocycles. The van der Waals surface area contributed by atoms with Gasteiger partial charge in [0.25, 0.3) is 0 Å². The van der Waals surface area contributed by atoms with Crippen LogP contribution in [0.3, 0.4) is 0 Å². The van der Waals surface area contributed by atoms with Crippen molar-refractivity contribution in [2.24, 2.45) is 5.73 Å². The van der Waals surface area contributed by atoms with E-state index in [0.717, 1.165) is 0 Å². The highest BCUT2D eigenvalue weighted by Crippen LogP contribution is 1.86. The molecule has 0 aromatic heterocycles. The molecule has 5 heteroatoms. The normalized spacial score (nSPS) is 9.92. The van der Waals surface area contributed by atoms with Crippen LogP contribution >= 0.6 is 0 Å². The minimum atomic E-state index is -0.493. The first-order valence-corrected chi connectivity index (χ1v) is 3.71. The maximum absolute atomic E-state index is 10.8. The maximum Gasteiger partial charge on any atom is 0.320 e. The number of carbonyl (C=O) groups excluding carboxylic acids is 2. The molecule has 0 aliphatic rings. The number of esters is 1. The van der Waals surface area contributed by atoms with Gasteiger partial charge >= 0.3 is 5.97 Å². The summed E-state index contributed by atoms with van der Waals surface area (Å²) in [4.78, 5) is 21.0. The standard InChI is InChI=1S/C7H14N2O3/c1-5(2)12-7(11)4-9-3-6(8)10/h5,9H,3-4H2,1-2H3,(H2,8,10). The predicted molar refractivity (Wildman–Crippen MR) is 43.3 cm³/mol. The molecule has 5 nitrogen and oxygen atoms in total. The lowest BCUT2D eigenvalue weighted by Gasteiger charge is -2.07. The maximum atomic E-state index is 10.8. The lowest BCUT2D eigenvalue weighted by molar-refractivity contribution is -0.146.